The molecule has 0 radical (unpaired) electrons. The van der Waals surface area contributed by atoms with E-state index in [1.807, 2.05) is 42.7 Å². The number of fused-ring (bicyclic) bond motifs is 1. The average Bonchev–Trinajstić information content (AvgIpc) is 3.47. The Balaban J connectivity index is 1.53. The van der Waals surface area contributed by atoms with Crippen LogP contribution in [0, 0.1) is 0 Å². The van der Waals surface area contributed by atoms with Crippen LogP contribution < -0.4 is 14.8 Å². The van der Waals surface area contributed by atoms with E-state index in [1.54, 1.807) is 12.1 Å². The number of amides is 1. The van der Waals surface area contributed by atoms with Crippen LogP contribution in [-0.2, 0) is 6.54 Å². The Hall–Kier alpha value is -3.65. The van der Waals surface area contributed by atoms with Gasteiger partial charge in [0.15, 0.2) is 11.5 Å². The number of nitrogens with zero attached hydrogens (tertiary/aromatic N) is 2. The number of hydrogen-bond acceptors (Lipinski definition) is 6. The van der Waals surface area contributed by atoms with Gasteiger partial charge < -0.3 is 34.5 Å². The molecule has 2 aliphatic rings. The summed E-state index contributed by atoms with van der Waals surface area (Å²) in [4.78, 5) is 15.7. The van der Waals surface area contributed by atoms with Gasteiger partial charge in [-0.2, -0.15) is 0 Å². The maximum atomic E-state index is 13.5. The number of hydrogen-bond donors (Lipinski definition) is 3. The molecule has 3 N–H and O–H groups in total. The molecule has 3 aromatic rings. The Labute approximate surface area is 211 Å². The summed E-state index contributed by atoms with van der Waals surface area (Å²) in [6, 6.07) is 12.7. The molecule has 5 rings (SSSR count). The Morgan fingerprint density at radius 2 is 1.78 bits per heavy atom. The molecule has 190 valence electrons. The molecule has 0 bridgehead atoms. The minimum Gasteiger partial charge on any atom is -0.508 e. The van der Waals surface area contributed by atoms with Crippen molar-refractivity contribution < 1.29 is 24.5 Å². The van der Waals surface area contributed by atoms with Crippen molar-refractivity contribution in [1.82, 2.24) is 14.8 Å². The van der Waals surface area contributed by atoms with Gasteiger partial charge >= 0.3 is 0 Å². The maximum absolute atomic E-state index is 13.5. The minimum atomic E-state index is -0.140. The van der Waals surface area contributed by atoms with Crippen molar-refractivity contribution in [1.29, 1.82) is 0 Å². The molecule has 1 fully saturated rings. The van der Waals surface area contributed by atoms with Crippen LogP contribution in [-0.4, -0.2) is 58.6 Å². The number of aromatic hydroxyl groups is 2. The molecule has 3 heterocycles. The van der Waals surface area contributed by atoms with Crippen molar-refractivity contribution >= 4 is 5.91 Å². The predicted octanol–water partition coefficient (Wildman–Crippen LogP) is 4.29. The van der Waals surface area contributed by atoms with Gasteiger partial charge in [-0.3, -0.25) is 4.79 Å². The lowest BCUT2D eigenvalue weighted by Gasteiger charge is -2.29. The Morgan fingerprint density at radius 3 is 2.53 bits per heavy atom. The SMILES string of the molecule is CC(C)c1cc(-c2ccc(C(=O)NC3CCN(C)CC3)n2Cc2ccc3c(c2)OCO3)c(O)cc1O. The van der Waals surface area contributed by atoms with Crippen LogP contribution >= 0.6 is 0 Å². The summed E-state index contributed by atoms with van der Waals surface area (Å²) < 4.78 is 12.9. The van der Waals surface area contributed by atoms with E-state index in [4.69, 9.17) is 9.47 Å². The molecule has 2 aliphatic heterocycles. The van der Waals surface area contributed by atoms with Crippen LogP contribution in [0.5, 0.6) is 23.0 Å². The van der Waals surface area contributed by atoms with Gasteiger partial charge in [-0.15, -0.1) is 0 Å². The summed E-state index contributed by atoms with van der Waals surface area (Å²) in [5.41, 5.74) is 3.44. The highest BCUT2D eigenvalue weighted by molar-refractivity contribution is 5.94. The van der Waals surface area contributed by atoms with Crippen molar-refractivity contribution in [2.45, 2.75) is 45.2 Å². The smallest absolute Gasteiger partial charge is 0.268 e. The fourth-order valence-electron chi connectivity index (χ4n) is 4.97. The highest BCUT2D eigenvalue weighted by Gasteiger charge is 2.24. The maximum Gasteiger partial charge on any atom is 0.268 e. The molecule has 0 spiro atoms. The zero-order chi connectivity index (χ0) is 25.4. The standard InChI is InChI=1S/C28H33N3O5/c1-17(2)20-13-21(25(33)14-24(20)32)22-5-6-23(28(34)29-19-8-10-30(3)11-9-19)31(22)15-18-4-7-26-27(12-18)36-16-35-26/h4-7,12-14,17,19,32-33H,8-11,15-16H2,1-3H3,(H,29,34). The summed E-state index contributed by atoms with van der Waals surface area (Å²) in [5, 5.41) is 24.4. The molecule has 0 unspecified atom stereocenters. The first-order valence-electron chi connectivity index (χ1n) is 12.4. The lowest BCUT2D eigenvalue weighted by atomic mass is 9.97. The average molecular weight is 492 g/mol. The Morgan fingerprint density at radius 1 is 1.03 bits per heavy atom. The molecule has 36 heavy (non-hydrogen) atoms. The van der Waals surface area contributed by atoms with E-state index < -0.39 is 0 Å². The third-order valence-electron chi connectivity index (χ3n) is 7.09. The van der Waals surface area contributed by atoms with Gasteiger partial charge in [0, 0.05) is 24.2 Å². The van der Waals surface area contributed by atoms with E-state index >= 15 is 0 Å². The highest BCUT2D eigenvalue weighted by Crippen LogP contribution is 2.39. The lowest BCUT2D eigenvalue weighted by molar-refractivity contribution is 0.0908. The largest absolute Gasteiger partial charge is 0.508 e. The number of phenols is 2. The molecule has 8 heteroatoms. The predicted molar refractivity (Wildman–Crippen MR) is 137 cm³/mol. The molecule has 0 aliphatic carbocycles. The number of likely N-dealkylation sites (tertiary alicyclic amines) is 1. The second-order valence-corrected chi connectivity index (χ2v) is 10.0. The summed E-state index contributed by atoms with van der Waals surface area (Å²) in [6.45, 7) is 6.47. The number of rotatable bonds is 6. The van der Waals surface area contributed by atoms with Gasteiger partial charge in [0.2, 0.25) is 6.79 Å². The number of aromatic nitrogens is 1. The number of ether oxygens (including phenoxy) is 2. The van der Waals surface area contributed by atoms with Crippen molar-refractivity contribution in [3.63, 3.8) is 0 Å². The lowest BCUT2D eigenvalue weighted by Crippen LogP contribution is -2.43. The number of nitrogens with one attached hydrogen (secondary N) is 1. The molecule has 0 atom stereocenters. The molecule has 1 aromatic heterocycles. The molecule has 1 saturated heterocycles. The minimum absolute atomic E-state index is 0.0378. The van der Waals surface area contributed by atoms with Gasteiger partial charge in [-0.25, -0.2) is 0 Å². The van der Waals surface area contributed by atoms with E-state index in [0.717, 1.165) is 37.1 Å². The molecule has 2 aromatic carbocycles. The third-order valence-corrected chi connectivity index (χ3v) is 7.09. The fourth-order valence-corrected chi connectivity index (χ4v) is 4.97. The molecule has 1 amide bonds. The zero-order valence-electron chi connectivity index (χ0n) is 21.0. The monoisotopic (exact) mass is 491 g/mol. The number of piperidine rings is 1. The van der Waals surface area contributed by atoms with Crippen LogP contribution in [0.1, 0.15) is 54.2 Å². The van der Waals surface area contributed by atoms with Crippen molar-refractivity contribution in [3.8, 4) is 34.3 Å². The van der Waals surface area contributed by atoms with Crippen LogP contribution in [0.2, 0.25) is 0 Å². The second kappa shape index (κ2) is 9.78. The molecular weight excluding hydrogens is 458 g/mol. The fraction of sp³-hybridized carbons (Fsp3) is 0.393. The van der Waals surface area contributed by atoms with Crippen LogP contribution in [0.25, 0.3) is 11.3 Å². The van der Waals surface area contributed by atoms with E-state index in [0.29, 0.717) is 35.0 Å². The number of phenolic OH excluding ortho intramolecular Hbond substituents is 2. The van der Waals surface area contributed by atoms with E-state index in [2.05, 4.69) is 17.3 Å². The van der Waals surface area contributed by atoms with E-state index in [-0.39, 0.29) is 36.2 Å². The second-order valence-electron chi connectivity index (χ2n) is 10.0. The summed E-state index contributed by atoms with van der Waals surface area (Å²) >= 11 is 0. The summed E-state index contributed by atoms with van der Waals surface area (Å²) in [7, 11) is 2.09. The van der Waals surface area contributed by atoms with Crippen LogP contribution in [0.4, 0.5) is 0 Å². The first-order chi connectivity index (χ1) is 17.3. The van der Waals surface area contributed by atoms with Gasteiger partial charge in [0.25, 0.3) is 5.91 Å². The van der Waals surface area contributed by atoms with Crippen LogP contribution in [0.15, 0.2) is 42.5 Å². The van der Waals surface area contributed by atoms with Gasteiger partial charge in [-0.1, -0.05) is 19.9 Å². The normalized spacial score (nSPS) is 16.0. The summed E-state index contributed by atoms with van der Waals surface area (Å²) in [5.74, 6) is 1.31. The third kappa shape index (κ3) is 4.73. The quantitative estimate of drug-likeness (QED) is 0.476. The number of carbonyl (C=O) groups is 1. The number of carbonyl (C=O) groups excluding carboxylic acids is 1. The van der Waals surface area contributed by atoms with Gasteiger partial charge in [0.1, 0.15) is 17.2 Å². The Bertz CT molecular complexity index is 1270. The molecule has 8 nitrogen and oxygen atoms in total. The molecule has 0 saturated carbocycles. The first-order valence-corrected chi connectivity index (χ1v) is 12.4. The first kappa shape index (κ1) is 24.1. The highest BCUT2D eigenvalue weighted by atomic mass is 16.7. The molecular formula is C28H33N3O5. The van der Waals surface area contributed by atoms with E-state index in [9.17, 15) is 15.0 Å². The van der Waals surface area contributed by atoms with Crippen molar-refractivity contribution in [3.05, 3.63) is 59.3 Å². The number of benzene rings is 2. The van der Waals surface area contributed by atoms with Crippen molar-refractivity contribution in [2.24, 2.45) is 0 Å². The van der Waals surface area contributed by atoms with E-state index in [1.165, 1.54) is 6.07 Å². The topological polar surface area (TPSA) is 96.2 Å². The zero-order valence-corrected chi connectivity index (χ0v) is 21.0. The Kier molecular flexibility index (Phi) is 6.53. The van der Waals surface area contributed by atoms with Crippen molar-refractivity contribution in [2.75, 3.05) is 26.9 Å². The van der Waals surface area contributed by atoms with Gasteiger partial charge in [-0.05, 0) is 80.4 Å². The van der Waals surface area contributed by atoms with Gasteiger partial charge in [0.05, 0.1) is 5.69 Å². The van der Waals surface area contributed by atoms with Crippen LogP contribution in [0.3, 0.4) is 0 Å². The summed E-state index contributed by atoms with van der Waals surface area (Å²) in [6.07, 6.45) is 1.82.